The maximum atomic E-state index is 9.10. The Morgan fingerprint density at radius 2 is 0.615 bits per heavy atom. The van der Waals surface area contributed by atoms with Gasteiger partial charge >= 0.3 is 23.9 Å². The smallest absolute Gasteiger partial charge is 0.414 e. The summed E-state index contributed by atoms with van der Waals surface area (Å²) in [5.74, 6) is -7.30. The minimum absolute atomic E-state index is 0. The van der Waals surface area contributed by atoms with Crippen molar-refractivity contribution in [1.29, 1.82) is 0 Å². The van der Waals surface area contributed by atoms with Crippen molar-refractivity contribution >= 4 is 23.9 Å². The van der Waals surface area contributed by atoms with Crippen LogP contribution in [-0.4, -0.2) is 44.3 Å². The molecule has 0 rings (SSSR count). The van der Waals surface area contributed by atoms with Gasteiger partial charge in [-0.3, -0.25) is 0 Å². The monoisotopic (exact) mass is 228 g/mol. The summed E-state index contributed by atoms with van der Waals surface area (Å²) in [6.45, 7) is 0. The molecule has 0 amide bonds. The zero-order valence-corrected chi connectivity index (χ0v) is 7.48. The molecule has 13 heavy (non-hydrogen) atoms. The van der Waals surface area contributed by atoms with E-state index in [9.17, 15) is 0 Å². The van der Waals surface area contributed by atoms with E-state index >= 15 is 0 Å². The van der Waals surface area contributed by atoms with Crippen molar-refractivity contribution in [3.8, 4) is 0 Å². The molecular formula is C4H4O8Ti. The van der Waals surface area contributed by atoms with Gasteiger partial charge < -0.3 is 20.4 Å². The third-order valence-electron chi connectivity index (χ3n) is 0.366. The van der Waals surface area contributed by atoms with Crippen LogP contribution in [0.4, 0.5) is 0 Å². The van der Waals surface area contributed by atoms with E-state index in [1.165, 1.54) is 0 Å². The molecule has 0 aromatic heterocycles. The van der Waals surface area contributed by atoms with Crippen molar-refractivity contribution in [1.82, 2.24) is 0 Å². The Hall–Kier alpha value is -1.41. The Morgan fingerprint density at radius 3 is 0.615 bits per heavy atom. The van der Waals surface area contributed by atoms with Crippen LogP contribution in [0.3, 0.4) is 0 Å². The maximum absolute atomic E-state index is 9.10. The Balaban J connectivity index is -0.000000143. The average molecular weight is 228 g/mol. The van der Waals surface area contributed by atoms with Crippen molar-refractivity contribution in [3.05, 3.63) is 0 Å². The first-order valence-electron chi connectivity index (χ1n) is 2.21. The zero-order chi connectivity index (χ0) is 10.3. The normalized spacial score (nSPS) is 6.77. The second-order valence-corrected chi connectivity index (χ2v) is 1.22. The standard InChI is InChI=1S/2C2H2O4.Ti/c2*3-1(4)2(5)6;/h2*(H,3,4)(H,5,6);. The molecule has 0 aromatic carbocycles. The molecule has 0 unspecified atom stereocenters. The van der Waals surface area contributed by atoms with Crippen LogP contribution in [0, 0.1) is 0 Å². The van der Waals surface area contributed by atoms with Gasteiger partial charge in [-0.2, -0.15) is 0 Å². The van der Waals surface area contributed by atoms with Gasteiger partial charge in [-0.25, -0.2) is 19.2 Å². The molecule has 9 heteroatoms. The quantitative estimate of drug-likeness (QED) is 0.283. The van der Waals surface area contributed by atoms with Crippen molar-refractivity contribution in [2.75, 3.05) is 0 Å². The van der Waals surface area contributed by atoms with E-state index in [4.69, 9.17) is 39.6 Å². The summed E-state index contributed by atoms with van der Waals surface area (Å²) in [5.41, 5.74) is 0. The van der Waals surface area contributed by atoms with Gasteiger partial charge in [0.2, 0.25) is 0 Å². The summed E-state index contributed by atoms with van der Waals surface area (Å²) in [7, 11) is 0. The number of hydrogen-bond acceptors (Lipinski definition) is 4. The van der Waals surface area contributed by atoms with Crippen molar-refractivity contribution in [2.45, 2.75) is 0 Å². The fourth-order valence-electron chi connectivity index (χ4n) is 0. The van der Waals surface area contributed by atoms with Crippen LogP contribution in [0.1, 0.15) is 0 Å². The summed E-state index contributed by atoms with van der Waals surface area (Å²) >= 11 is 0. The topological polar surface area (TPSA) is 149 Å². The molecule has 0 heterocycles. The summed E-state index contributed by atoms with van der Waals surface area (Å²) in [6.07, 6.45) is 0. The number of carbonyl (C=O) groups is 4. The molecule has 0 aromatic rings. The van der Waals surface area contributed by atoms with Gasteiger partial charge in [-0.1, -0.05) is 0 Å². The first kappa shape index (κ1) is 17.6. The predicted octanol–water partition coefficient (Wildman–Crippen LogP) is -1.69. The molecule has 0 bridgehead atoms. The second kappa shape index (κ2) is 8.69. The van der Waals surface area contributed by atoms with Gasteiger partial charge in [0.25, 0.3) is 0 Å². The zero-order valence-electron chi connectivity index (χ0n) is 5.92. The Kier molecular flexibility index (Phi) is 11.8. The van der Waals surface area contributed by atoms with Crippen LogP contribution in [0.15, 0.2) is 0 Å². The van der Waals surface area contributed by atoms with Crippen LogP contribution in [-0.2, 0) is 40.9 Å². The molecule has 4 N–H and O–H groups in total. The molecule has 0 fully saturated rings. The van der Waals surface area contributed by atoms with E-state index in [0.717, 1.165) is 0 Å². The summed E-state index contributed by atoms with van der Waals surface area (Å²) in [5, 5.41) is 29.6. The van der Waals surface area contributed by atoms with Crippen LogP contribution in [0.2, 0.25) is 0 Å². The first-order chi connectivity index (χ1) is 5.29. The minimum Gasteiger partial charge on any atom is -0.473 e. The van der Waals surface area contributed by atoms with E-state index in [1.807, 2.05) is 0 Å². The van der Waals surface area contributed by atoms with Gasteiger partial charge in [0.05, 0.1) is 0 Å². The van der Waals surface area contributed by atoms with Gasteiger partial charge in [-0.05, 0) is 0 Å². The molecule has 8 nitrogen and oxygen atoms in total. The summed E-state index contributed by atoms with van der Waals surface area (Å²) in [6, 6.07) is 0. The predicted molar refractivity (Wildman–Crippen MR) is 30.5 cm³/mol. The van der Waals surface area contributed by atoms with Gasteiger partial charge in [0.15, 0.2) is 0 Å². The number of carboxylic acids is 4. The number of aliphatic carboxylic acids is 4. The van der Waals surface area contributed by atoms with E-state index in [1.54, 1.807) is 0 Å². The molecule has 0 saturated heterocycles. The van der Waals surface area contributed by atoms with Crippen LogP contribution >= 0.6 is 0 Å². The van der Waals surface area contributed by atoms with Crippen molar-refractivity contribution < 1.29 is 61.3 Å². The largest absolute Gasteiger partial charge is 0.473 e. The molecule has 72 valence electrons. The Morgan fingerprint density at radius 1 is 0.538 bits per heavy atom. The molecule has 0 aliphatic carbocycles. The fraction of sp³-hybridized carbons (Fsp3) is 0. The van der Waals surface area contributed by atoms with Gasteiger partial charge in [0, 0.05) is 21.7 Å². The van der Waals surface area contributed by atoms with Crippen LogP contribution < -0.4 is 0 Å². The molecule has 0 spiro atoms. The molecule has 0 aliphatic rings. The molecule has 0 saturated carbocycles. The molecule has 0 radical (unpaired) electrons. The minimum atomic E-state index is -1.82. The van der Waals surface area contributed by atoms with Crippen LogP contribution in [0.25, 0.3) is 0 Å². The van der Waals surface area contributed by atoms with Crippen molar-refractivity contribution in [2.24, 2.45) is 0 Å². The molecule has 0 atom stereocenters. The summed E-state index contributed by atoms with van der Waals surface area (Å²) < 4.78 is 0. The Bertz CT molecular complexity index is 172. The van der Waals surface area contributed by atoms with E-state index in [-0.39, 0.29) is 21.7 Å². The fourth-order valence-corrected chi connectivity index (χ4v) is 0. The number of hydrogen-bond donors (Lipinski definition) is 4. The van der Waals surface area contributed by atoms with E-state index < -0.39 is 23.9 Å². The summed E-state index contributed by atoms with van der Waals surface area (Å²) in [4.78, 5) is 36.4. The first-order valence-corrected chi connectivity index (χ1v) is 2.21. The van der Waals surface area contributed by atoms with Gasteiger partial charge in [0.1, 0.15) is 0 Å². The Labute approximate surface area is 85.7 Å². The third kappa shape index (κ3) is 18.0. The van der Waals surface area contributed by atoms with Gasteiger partial charge in [-0.15, -0.1) is 0 Å². The average Bonchev–Trinajstić information content (AvgIpc) is 1.88. The molecular weight excluding hydrogens is 224 g/mol. The van der Waals surface area contributed by atoms with Crippen molar-refractivity contribution in [3.63, 3.8) is 0 Å². The maximum Gasteiger partial charge on any atom is 0.414 e. The number of rotatable bonds is 0. The molecule has 0 aliphatic heterocycles. The van der Waals surface area contributed by atoms with Crippen LogP contribution in [0.5, 0.6) is 0 Å². The van der Waals surface area contributed by atoms with E-state index in [2.05, 4.69) is 0 Å². The number of carboxylic acid groups (broad SMARTS) is 4. The third-order valence-corrected chi connectivity index (χ3v) is 0.366. The van der Waals surface area contributed by atoms with E-state index in [0.29, 0.717) is 0 Å². The second-order valence-electron chi connectivity index (χ2n) is 1.22. The SMILES string of the molecule is O=C(O)C(=O)O.O=C(O)C(=O)O.[Ti].